The van der Waals surface area contributed by atoms with Gasteiger partial charge in [0.1, 0.15) is 18.2 Å². The van der Waals surface area contributed by atoms with Crippen molar-refractivity contribution >= 4 is 21.6 Å². The van der Waals surface area contributed by atoms with E-state index in [1.165, 1.54) is 12.1 Å². The van der Waals surface area contributed by atoms with Gasteiger partial charge in [-0.3, -0.25) is 9.52 Å². The van der Waals surface area contributed by atoms with E-state index >= 15 is 0 Å². The van der Waals surface area contributed by atoms with Crippen LogP contribution in [0.4, 0.5) is 10.1 Å². The first-order chi connectivity index (χ1) is 14.5. The molecule has 0 bridgehead atoms. The van der Waals surface area contributed by atoms with Crippen LogP contribution in [0.1, 0.15) is 22.5 Å². The van der Waals surface area contributed by atoms with E-state index in [4.69, 9.17) is 9.15 Å². The second-order valence-corrected chi connectivity index (χ2v) is 8.03. The van der Waals surface area contributed by atoms with Gasteiger partial charge in [0.25, 0.3) is 15.9 Å². The fourth-order valence-electron chi connectivity index (χ4n) is 2.63. The lowest BCUT2D eigenvalue weighted by molar-refractivity contribution is 0.0917. The Bertz CT molecular complexity index is 1070. The maximum absolute atomic E-state index is 13.1. The van der Waals surface area contributed by atoms with E-state index in [0.29, 0.717) is 26.2 Å². The van der Waals surface area contributed by atoms with Gasteiger partial charge in [0, 0.05) is 13.2 Å². The van der Waals surface area contributed by atoms with Crippen molar-refractivity contribution in [1.29, 1.82) is 0 Å². The molecule has 0 unspecified atom stereocenters. The molecule has 0 radical (unpaired) electrons. The van der Waals surface area contributed by atoms with Crippen LogP contribution in [0.3, 0.4) is 0 Å². The topological polar surface area (TPSA) is 97.6 Å². The SMILES string of the molecule is O=C(NCCCOCc1ccco1)c1ccccc1NS(=O)(=O)c1ccc(F)cc1. The van der Waals surface area contributed by atoms with Crippen molar-refractivity contribution in [3.63, 3.8) is 0 Å². The highest BCUT2D eigenvalue weighted by atomic mass is 32.2. The van der Waals surface area contributed by atoms with E-state index in [1.54, 1.807) is 24.5 Å². The number of nitrogens with one attached hydrogen (secondary N) is 2. The minimum atomic E-state index is -3.97. The number of benzene rings is 2. The standard InChI is InChI=1S/C21H21FN2O5S/c22-16-8-10-18(11-9-16)30(26,27)24-20-7-2-1-6-19(20)21(25)23-12-4-13-28-15-17-5-3-14-29-17/h1-3,5-11,14,24H,4,12-13,15H2,(H,23,25). The molecule has 0 aliphatic heterocycles. The van der Waals surface area contributed by atoms with Crippen LogP contribution >= 0.6 is 0 Å². The van der Waals surface area contributed by atoms with Crippen LogP contribution in [0.2, 0.25) is 0 Å². The van der Waals surface area contributed by atoms with Crippen molar-refractivity contribution in [2.45, 2.75) is 17.9 Å². The Morgan fingerprint density at radius 1 is 1.03 bits per heavy atom. The molecule has 3 aromatic rings. The van der Waals surface area contributed by atoms with Crippen molar-refractivity contribution < 1.29 is 26.8 Å². The summed E-state index contributed by atoms with van der Waals surface area (Å²) in [7, 11) is -3.97. The van der Waals surface area contributed by atoms with Crippen LogP contribution in [0.15, 0.2) is 76.2 Å². The lowest BCUT2D eigenvalue weighted by Gasteiger charge is -2.13. The molecule has 7 nitrogen and oxygen atoms in total. The van der Waals surface area contributed by atoms with Crippen LogP contribution in [0.5, 0.6) is 0 Å². The van der Waals surface area contributed by atoms with Crippen LogP contribution in [0.25, 0.3) is 0 Å². The highest BCUT2D eigenvalue weighted by Crippen LogP contribution is 2.20. The highest BCUT2D eigenvalue weighted by Gasteiger charge is 2.18. The number of hydrogen-bond acceptors (Lipinski definition) is 5. The fourth-order valence-corrected chi connectivity index (χ4v) is 3.71. The molecule has 158 valence electrons. The van der Waals surface area contributed by atoms with Crippen LogP contribution < -0.4 is 10.0 Å². The zero-order valence-corrected chi connectivity index (χ0v) is 16.8. The fraction of sp³-hybridized carbons (Fsp3) is 0.190. The maximum atomic E-state index is 13.1. The molecule has 0 aliphatic carbocycles. The summed E-state index contributed by atoms with van der Waals surface area (Å²) in [5.74, 6) is -0.235. The van der Waals surface area contributed by atoms with Gasteiger partial charge < -0.3 is 14.5 Å². The molecule has 0 fully saturated rings. The molecule has 2 aromatic carbocycles. The maximum Gasteiger partial charge on any atom is 0.261 e. The van der Waals surface area contributed by atoms with E-state index in [1.807, 2.05) is 6.07 Å². The van der Waals surface area contributed by atoms with Gasteiger partial charge in [-0.1, -0.05) is 12.1 Å². The normalized spacial score (nSPS) is 11.2. The first kappa shape index (κ1) is 21.5. The molecule has 9 heteroatoms. The number of ether oxygens (including phenoxy) is 1. The first-order valence-electron chi connectivity index (χ1n) is 9.21. The third-order valence-corrected chi connectivity index (χ3v) is 5.50. The number of rotatable bonds is 10. The summed E-state index contributed by atoms with van der Waals surface area (Å²) in [6.07, 6.45) is 2.15. The molecule has 3 rings (SSSR count). The molecule has 1 amide bonds. The third kappa shape index (κ3) is 5.91. The number of amides is 1. The first-order valence-corrected chi connectivity index (χ1v) is 10.7. The van der Waals surface area contributed by atoms with Crippen LogP contribution in [0, 0.1) is 5.82 Å². The third-order valence-electron chi connectivity index (χ3n) is 4.12. The largest absolute Gasteiger partial charge is 0.467 e. The summed E-state index contributed by atoms with van der Waals surface area (Å²) in [6, 6.07) is 14.3. The summed E-state index contributed by atoms with van der Waals surface area (Å²) in [4.78, 5) is 12.4. The summed E-state index contributed by atoms with van der Waals surface area (Å²) >= 11 is 0. The average Bonchev–Trinajstić information content (AvgIpc) is 3.24. The highest BCUT2D eigenvalue weighted by molar-refractivity contribution is 7.92. The van der Waals surface area contributed by atoms with E-state index in [2.05, 4.69) is 10.0 Å². The number of carbonyl (C=O) groups is 1. The molecular weight excluding hydrogens is 411 g/mol. The number of para-hydroxylation sites is 1. The molecule has 0 saturated carbocycles. The Kier molecular flexibility index (Phi) is 7.21. The van der Waals surface area contributed by atoms with Crippen molar-refractivity contribution in [3.05, 3.63) is 84.1 Å². The lowest BCUT2D eigenvalue weighted by Crippen LogP contribution is -2.27. The van der Waals surface area contributed by atoms with Crippen LogP contribution in [-0.2, 0) is 21.4 Å². The molecule has 0 spiro atoms. The van der Waals surface area contributed by atoms with Crippen molar-refractivity contribution in [1.82, 2.24) is 5.32 Å². The molecule has 30 heavy (non-hydrogen) atoms. The minimum absolute atomic E-state index is 0.104. The quantitative estimate of drug-likeness (QED) is 0.478. The smallest absolute Gasteiger partial charge is 0.261 e. The molecule has 1 heterocycles. The summed E-state index contributed by atoms with van der Waals surface area (Å²) in [5, 5.41) is 2.74. The van der Waals surface area contributed by atoms with Gasteiger partial charge in [-0.25, -0.2) is 12.8 Å². The van der Waals surface area contributed by atoms with Crippen molar-refractivity contribution in [3.8, 4) is 0 Å². The molecular formula is C21H21FN2O5S. The summed E-state index contributed by atoms with van der Waals surface area (Å²) in [6.45, 7) is 1.14. The Labute approximate surface area is 173 Å². The zero-order valence-electron chi connectivity index (χ0n) is 16.0. The lowest BCUT2D eigenvalue weighted by atomic mass is 10.1. The van der Waals surface area contributed by atoms with Gasteiger partial charge >= 0.3 is 0 Å². The van der Waals surface area contributed by atoms with Gasteiger partial charge in [-0.15, -0.1) is 0 Å². The molecule has 0 atom stereocenters. The summed E-state index contributed by atoms with van der Waals surface area (Å²) in [5.41, 5.74) is 0.313. The number of carbonyl (C=O) groups excluding carboxylic acids is 1. The van der Waals surface area contributed by atoms with E-state index < -0.39 is 21.7 Å². The predicted octanol–water partition coefficient (Wildman–Crippen LogP) is 3.56. The number of halogens is 1. The van der Waals surface area contributed by atoms with Crippen molar-refractivity contribution in [2.75, 3.05) is 17.9 Å². The Hall–Kier alpha value is -3.17. The number of sulfonamides is 1. The monoisotopic (exact) mass is 432 g/mol. The molecule has 0 saturated heterocycles. The Morgan fingerprint density at radius 3 is 2.53 bits per heavy atom. The van der Waals surface area contributed by atoms with Crippen molar-refractivity contribution in [2.24, 2.45) is 0 Å². The number of anilines is 1. The Morgan fingerprint density at radius 2 is 1.80 bits per heavy atom. The zero-order chi connectivity index (χ0) is 21.4. The minimum Gasteiger partial charge on any atom is -0.467 e. The van der Waals surface area contributed by atoms with Gasteiger partial charge in [-0.2, -0.15) is 0 Å². The molecule has 0 aliphatic rings. The molecule has 1 aromatic heterocycles. The summed E-state index contributed by atoms with van der Waals surface area (Å²) < 4.78 is 51.1. The molecule has 2 N–H and O–H groups in total. The van der Waals surface area contributed by atoms with Gasteiger partial charge in [0.2, 0.25) is 0 Å². The van der Waals surface area contributed by atoms with E-state index in [0.717, 1.165) is 30.0 Å². The van der Waals surface area contributed by atoms with E-state index in [9.17, 15) is 17.6 Å². The van der Waals surface area contributed by atoms with E-state index in [-0.39, 0.29) is 16.1 Å². The van der Waals surface area contributed by atoms with Gasteiger partial charge in [-0.05, 0) is 55.0 Å². The second-order valence-electron chi connectivity index (χ2n) is 6.35. The Balaban J connectivity index is 1.54. The van der Waals surface area contributed by atoms with Crippen LogP contribution in [-0.4, -0.2) is 27.5 Å². The van der Waals surface area contributed by atoms with Gasteiger partial charge in [0.15, 0.2) is 0 Å². The number of hydrogen-bond donors (Lipinski definition) is 2. The van der Waals surface area contributed by atoms with Gasteiger partial charge in [0.05, 0.1) is 22.4 Å². The number of furan rings is 1. The second kappa shape index (κ2) is 10.0. The predicted molar refractivity (Wildman–Crippen MR) is 109 cm³/mol. The average molecular weight is 432 g/mol.